The maximum Gasteiger partial charge on any atom is 0.254 e. The van der Waals surface area contributed by atoms with Crippen LogP contribution in [0.4, 0.5) is 0 Å². The summed E-state index contributed by atoms with van der Waals surface area (Å²) in [6, 6.07) is 10.1. The highest BCUT2D eigenvalue weighted by Crippen LogP contribution is 2.32. The quantitative estimate of drug-likeness (QED) is 0.825. The maximum atomic E-state index is 12.5. The lowest BCUT2D eigenvalue weighted by Gasteiger charge is -2.26. The zero-order valence-electron chi connectivity index (χ0n) is 13.0. The highest BCUT2D eigenvalue weighted by molar-refractivity contribution is 7.71. The van der Waals surface area contributed by atoms with E-state index in [1.807, 2.05) is 12.1 Å². The van der Waals surface area contributed by atoms with E-state index in [0.29, 0.717) is 15.2 Å². The summed E-state index contributed by atoms with van der Waals surface area (Å²) in [6.07, 6.45) is 1.92. The summed E-state index contributed by atoms with van der Waals surface area (Å²) < 4.78 is 0.371. The van der Waals surface area contributed by atoms with E-state index in [2.05, 4.69) is 10.3 Å². The molecule has 0 bridgehead atoms. The lowest BCUT2D eigenvalue weighted by molar-refractivity contribution is -0.127. The van der Waals surface area contributed by atoms with Crippen molar-refractivity contribution >= 4 is 35.6 Å². The summed E-state index contributed by atoms with van der Waals surface area (Å²) >= 11 is 11.1. The van der Waals surface area contributed by atoms with Crippen LogP contribution in [0.25, 0.3) is 0 Å². The van der Waals surface area contributed by atoms with Gasteiger partial charge in [-0.05, 0) is 29.8 Å². The van der Waals surface area contributed by atoms with Gasteiger partial charge in [0, 0.05) is 24.7 Å². The molecule has 2 N–H and O–H groups in total. The van der Waals surface area contributed by atoms with Gasteiger partial charge in [0.25, 0.3) is 5.91 Å². The van der Waals surface area contributed by atoms with Crippen molar-refractivity contribution in [2.75, 3.05) is 7.05 Å². The number of aromatic amines is 1. The number of amides is 2. The molecule has 0 radical (unpaired) electrons. The minimum absolute atomic E-state index is 0.0153. The van der Waals surface area contributed by atoms with Crippen molar-refractivity contribution in [3.05, 3.63) is 63.4 Å². The molecule has 2 amide bonds. The molecule has 1 aromatic heterocycles. The highest BCUT2D eigenvalue weighted by Gasteiger charge is 2.39. The first-order valence-corrected chi connectivity index (χ1v) is 8.25. The topological polar surface area (TPSA) is 65.2 Å². The predicted octanol–water partition coefficient (Wildman–Crippen LogP) is 3.10. The van der Waals surface area contributed by atoms with Crippen molar-refractivity contribution in [3.63, 3.8) is 0 Å². The second-order valence-corrected chi connectivity index (χ2v) is 6.54. The first kappa shape index (κ1) is 16.7. The summed E-state index contributed by atoms with van der Waals surface area (Å²) in [6.45, 7) is 0. The van der Waals surface area contributed by atoms with Gasteiger partial charge < -0.3 is 15.2 Å². The van der Waals surface area contributed by atoms with Crippen molar-refractivity contribution in [1.29, 1.82) is 0 Å². The lowest BCUT2D eigenvalue weighted by Crippen LogP contribution is -2.39. The normalized spacial score (nSPS) is 20.2. The van der Waals surface area contributed by atoms with Crippen molar-refractivity contribution in [3.8, 4) is 0 Å². The van der Waals surface area contributed by atoms with Gasteiger partial charge in [0.15, 0.2) is 0 Å². The van der Waals surface area contributed by atoms with E-state index in [4.69, 9.17) is 23.8 Å². The van der Waals surface area contributed by atoms with Gasteiger partial charge in [0.05, 0.1) is 17.6 Å². The van der Waals surface area contributed by atoms with Crippen molar-refractivity contribution in [2.45, 2.75) is 18.5 Å². The number of carbonyl (C=O) groups is 2. The van der Waals surface area contributed by atoms with E-state index in [-0.39, 0.29) is 30.3 Å². The second-order valence-electron chi connectivity index (χ2n) is 5.70. The summed E-state index contributed by atoms with van der Waals surface area (Å²) in [5.41, 5.74) is 1.32. The number of likely N-dealkylation sites (tertiary alicyclic amines) is 1. The molecule has 2 atom stereocenters. The molecular formula is C17H16ClN3O2S. The number of hydrogen-bond acceptors (Lipinski definition) is 3. The number of carbonyl (C=O) groups excluding carboxylic acids is 2. The van der Waals surface area contributed by atoms with Crippen LogP contribution in [0.1, 0.15) is 28.4 Å². The summed E-state index contributed by atoms with van der Waals surface area (Å²) in [5, 5.41) is 3.57. The molecule has 0 saturated carbocycles. The van der Waals surface area contributed by atoms with E-state index in [9.17, 15) is 9.59 Å². The number of nitrogens with one attached hydrogen (secondary N) is 2. The molecule has 0 unspecified atom stereocenters. The molecule has 7 heteroatoms. The highest BCUT2D eigenvalue weighted by atomic mass is 35.5. The van der Waals surface area contributed by atoms with Crippen LogP contribution in [-0.4, -0.2) is 34.8 Å². The molecule has 2 heterocycles. The van der Waals surface area contributed by atoms with Crippen LogP contribution in [0.5, 0.6) is 0 Å². The minimum atomic E-state index is -0.328. The predicted molar refractivity (Wildman–Crippen MR) is 94.5 cm³/mol. The third kappa shape index (κ3) is 3.20. The molecule has 1 aliphatic heterocycles. The molecule has 0 aliphatic carbocycles. The average Bonchev–Trinajstić information content (AvgIpc) is 2.83. The van der Waals surface area contributed by atoms with Gasteiger partial charge in [0.2, 0.25) is 5.91 Å². The van der Waals surface area contributed by atoms with Crippen LogP contribution in [-0.2, 0) is 4.79 Å². The Balaban J connectivity index is 1.87. The van der Waals surface area contributed by atoms with Crippen LogP contribution in [0.15, 0.2) is 42.6 Å². The van der Waals surface area contributed by atoms with Crippen molar-refractivity contribution in [2.24, 2.45) is 0 Å². The van der Waals surface area contributed by atoms with Crippen molar-refractivity contribution in [1.82, 2.24) is 15.2 Å². The van der Waals surface area contributed by atoms with E-state index >= 15 is 0 Å². The number of pyridine rings is 1. The van der Waals surface area contributed by atoms with Gasteiger partial charge in [0.1, 0.15) is 4.64 Å². The molecule has 1 aliphatic rings. The third-order valence-corrected chi connectivity index (χ3v) is 4.77. The largest absolute Gasteiger partial charge is 0.352 e. The van der Waals surface area contributed by atoms with E-state index in [0.717, 1.165) is 5.56 Å². The van der Waals surface area contributed by atoms with Gasteiger partial charge in [-0.1, -0.05) is 36.0 Å². The first-order chi connectivity index (χ1) is 11.5. The second kappa shape index (κ2) is 6.75. The third-order valence-electron chi connectivity index (χ3n) is 4.18. The van der Waals surface area contributed by atoms with Crippen LogP contribution in [0.2, 0.25) is 5.02 Å². The molecular weight excluding hydrogens is 346 g/mol. The smallest absolute Gasteiger partial charge is 0.254 e. The van der Waals surface area contributed by atoms with Gasteiger partial charge in [-0.25, -0.2) is 0 Å². The number of H-pyrrole nitrogens is 1. The standard InChI is InChI=1S/C17H16ClN3O2S/c1-21-14(22)9-13(15(21)10-4-6-11(18)7-5-10)20-16(23)12-3-2-8-19-17(12)24/h2-8,13,15H,9H2,1H3,(H,19,24)(H,20,23)/t13-,15+/m1/s1. The Kier molecular flexibility index (Phi) is 4.69. The van der Waals surface area contributed by atoms with Gasteiger partial charge in [-0.15, -0.1) is 0 Å². The Morgan fingerprint density at radius 2 is 2.04 bits per heavy atom. The first-order valence-electron chi connectivity index (χ1n) is 7.47. The van der Waals surface area contributed by atoms with E-state index in [1.54, 1.807) is 42.4 Å². The number of likely N-dealkylation sites (N-methyl/N-ethyl adjacent to an activating group) is 1. The van der Waals surface area contributed by atoms with Crippen LogP contribution < -0.4 is 5.32 Å². The molecule has 5 nitrogen and oxygen atoms in total. The average molecular weight is 362 g/mol. The fourth-order valence-corrected chi connectivity index (χ4v) is 3.32. The van der Waals surface area contributed by atoms with Crippen LogP contribution in [0, 0.1) is 4.64 Å². The minimum Gasteiger partial charge on any atom is -0.352 e. The van der Waals surface area contributed by atoms with Gasteiger partial charge >= 0.3 is 0 Å². The number of nitrogens with zero attached hydrogens (tertiary/aromatic N) is 1. The van der Waals surface area contributed by atoms with Crippen LogP contribution in [0.3, 0.4) is 0 Å². The number of aromatic nitrogens is 1. The Hall–Kier alpha value is -2.18. The van der Waals surface area contributed by atoms with Gasteiger partial charge in [-0.2, -0.15) is 0 Å². The molecule has 1 fully saturated rings. The SMILES string of the molecule is CN1C(=O)C[C@@H](NC(=O)c2ccc[nH]c2=S)[C@@H]1c1ccc(Cl)cc1. The molecule has 3 rings (SSSR count). The van der Waals surface area contributed by atoms with E-state index in [1.165, 1.54) is 0 Å². The zero-order chi connectivity index (χ0) is 17.3. The fourth-order valence-electron chi connectivity index (χ4n) is 2.96. The number of hydrogen-bond donors (Lipinski definition) is 2. The Morgan fingerprint density at radius 3 is 2.71 bits per heavy atom. The Bertz CT molecular complexity index is 834. The fraction of sp³-hybridized carbons (Fsp3) is 0.235. The summed E-state index contributed by atoms with van der Waals surface area (Å²) in [4.78, 5) is 29.1. The number of rotatable bonds is 3. The van der Waals surface area contributed by atoms with Gasteiger partial charge in [-0.3, -0.25) is 9.59 Å². The molecule has 1 saturated heterocycles. The molecule has 124 valence electrons. The molecule has 24 heavy (non-hydrogen) atoms. The zero-order valence-corrected chi connectivity index (χ0v) is 14.5. The van der Waals surface area contributed by atoms with Crippen LogP contribution >= 0.6 is 23.8 Å². The maximum absolute atomic E-state index is 12.5. The number of halogens is 1. The number of benzene rings is 1. The molecule has 0 spiro atoms. The monoisotopic (exact) mass is 361 g/mol. The Labute approximate surface area is 149 Å². The molecule has 1 aromatic carbocycles. The summed E-state index contributed by atoms with van der Waals surface area (Å²) in [5.74, 6) is -0.303. The summed E-state index contributed by atoms with van der Waals surface area (Å²) in [7, 11) is 1.74. The Morgan fingerprint density at radius 1 is 1.33 bits per heavy atom. The van der Waals surface area contributed by atoms with Crippen molar-refractivity contribution < 1.29 is 9.59 Å². The van der Waals surface area contributed by atoms with E-state index < -0.39 is 0 Å². The molecule has 2 aromatic rings. The lowest BCUT2D eigenvalue weighted by atomic mass is 10.00.